The predicted molar refractivity (Wildman–Crippen MR) is 78.0 cm³/mol. The van der Waals surface area contributed by atoms with E-state index in [0.29, 0.717) is 0 Å². The maximum Gasteiger partial charge on any atom is 0.496 e. The molecular weight excluding hydrogens is 426 g/mol. The van der Waals surface area contributed by atoms with Gasteiger partial charge in [-0.05, 0) is 24.5 Å². The second-order valence-electron chi connectivity index (χ2n) is 7.09. The largest absolute Gasteiger partial charge is 0.508 e. The highest BCUT2D eigenvalue weighted by atomic mass is 19.4. The molecule has 2 heterocycles. The van der Waals surface area contributed by atoms with Gasteiger partial charge >= 0.3 is 25.6 Å². The van der Waals surface area contributed by atoms with Gasteiger partial charge in [0.15, 0.2) is 11.2 Å². The van der Waals surface area contributed by atoms with Crippen molar-refractivity contribution in [3.63, 3.8) is 0 Å². The summed E-state index contributed by atoms with van der Waals surface area (Å²) in [5.41, 5.74) is -8.09. The third-order valence-corrected chi connectivity index (χ3v) is 4.87. The molecule has 0 radical (unpaired) electrons. The van der Waals surface area contributed by atoms with Crippen molar-refractivity contribution >= 4 is 12.6 Å². The molecule has 2 saturated heterocycles. The first kappa shape index (κ1) is 22.0. The summed E-state index contributed by atoms with van der Waals surface area (Å²) in [6.45, 7) is 0.0841. The fourth-order valence-corrected chi connectivity index (χ4v) is 3.39. The molecule has 1 N–H and O–H groups in total. The van der Waals surface area contributed by atoms with Crippen molar-refractivity contribution in [3.05, 3.63) is 24.3 Å². The Morgan fingerprint density at radius 1 is 0.828 bits per heavy atom. The zero-order valence-corrected chi connectivity index (χ0v) is 14.4. The fourth-order valence-electron chi connectivity index (χ4n) is 3.39. The molecule has 2 aliphatic rings. The van der Waals surface area contributed by atoms with Crippen LogP contribution in [0.3, 0.4) is 0 Å². The number of hydrogen-bond donors (Lipinski definition) is 1. The fraction of sp³-hybridized carbons (Fsp3) is 0.600. The minimum atomic E-state index is -5.75. The number of phenolic OH excluding ortho intramolecular Hbond substituents is 1. The van der Waals surface area contributed by atoms with E-state index in [9.17, 15) is 44.6 Å². The highest BCUT2D eigenvalue weighted by molar-refractivity contribution is 6.61. The molecule has 1 aromatic carbocycles. The Morgan fingerprint density at radius 3 is 1.83 bits per heavy atom. The average Bonchev–Trinajstić information content (AvgIpc) is 2.51. The van der Waals surface area contributed by atoms with Gasteiger partial charge in [0.05, 0.1) is 0 Å². The number of hydrogen-bond acceptors (Lipinski definition) is 4. The van der Waals surface area contributed by atoms with Crippen LogP contribution in [0, 0.1) is 0 Å². The van der Waals surface area contributed by atoms with Crippen LogP contribution in [0.5, 0.6) is 5.75 Å². The van der Waals surface area contributed by atoms with E-state index >= 15 is 0 Å². The van der Waals surface area contributed by atoms with E-state index in [0.717, 1.165) is 24.3 Å². The first-order valence-corrected chi connectivity index (χ1v) is 7.99. The lowest BCUT2D eigenvalue weighted by Gasteiger charge is -2.58. The molecule has 0 aliphatic carbocycles. The molecule has 162 valence electrons. The van der Waals surface area contributed by atoms with Crippen LogP contribution in [0.25, 0.3) is 0 Å². The van der Waals surface area contributed by atoms with E-state index in [2.05, 4.69) is 9.39 Å². The summed E-state index contributed by atoms with van der Waals surface area (Å²) in [5.74, 6) is -4.59. The van der Waals surface area contributed by atoms with Crippen LogP contribution in [0.2, 0.25) is 0 Å². The predicted octanol–water partition coefficient (Wildman–Crippen LogP) is 3.83. The molecule has 3 rings (SSSR count). The highest BCUT2D eigenvalue weighted by Crippen LogP contribution is 2.61. The van der Waals surface area contributed by atoms with E-state index in [1.165, 1.54) is 0 Å². The summed E-state index contributed by atoms with van der Waals surface area (Å²) in [6.07, 6.45) is -21.0. The smallest absolute Gasteiger partial charge is 0.496 e. The maximum atomic E-state index is 13.8. The number of aromatic hydroxyl groups is 1. The first-order valence-electron chi connectivity index (χ1n) is 7.99. The lowest BCUT2D eigenvalue weighted by atomic mass is 9.69. The first-order chi connectivity index (χ1) is 12.9. The molecule has 14 heteroatoms. The van der Waals surface area contributed by atoms with Crippen LogP contribution in [0.1, 0.15) is 19.8 Å². The molecule has 2 aliphatic heterocycles. The zero-order chi connectivity index (χ0) is 22.1. The number of ether oxygens (including phenoxy) is 1. The van der Waals surface area contributed by atoms with Crippen molar-refractivity contribution in [2.24, 2.45) is 0 Å². The van der Waals surface area contributed by atoms with Gasteiger partial charge in [0.1, 0.15) is 5.75 Å². The van der Waals surface area contributed by atoms with Crippen LogP contribution < -0.4 is 5.46 Å². The van der Waals surface area contributed by atoms with Crippen LogP contribution in [0.4, 0.5) is 39.5 Å². The third-order valence-electron chi connectivity index (χ3n) is 4.87. The molecule has 0 amide bonds. The second-order valence-corrected chi connectivity index (χ2v) is 7.09. The Morgan fingerprint density at radius 2 is 1.38 bits per heavy atom. The minimum Gasteiger partial charge on any atom is -0.508 e. The summed E-state index contributed by atoms with van der Waals surface area (Å²) in [7, 11) is -2.36. The van der Waals surface area contributed by atoms with E-state index in [1.54, 1.807) is 0 Å². The Balaban J connectivity index is 2.19. The molecule has 0 saturated carbocycles. The zero-order valence-electron chi connectivity index (χ0n) is 14.4. The SMILES string of the molecule is CC1(C(F)(F)F)CC2(C(F)(F)F)CC(C(F)(F)F)(OB(c3ccc(O)cc3)O2)O1. The lowest BCUT2D eigenvalue weighted by Crippen LogP contribution is -2.77. The Bertz CT molecular complexity index is 736. The van der Waals surface area contributed by atoms with E-state index < -0.39 is 55.5 Å². The molecule has 2 bridgehead atoms. The van der Waals surface area contributed by atoms with Crippen LogP contribution >= 0.6 is 0 Å². The van der Waals surface area contributed by atoms with Gasteiger partial charge in [-0.2, -0.15) is 39.5 Å². The summed E-state index contributed by atoms with van der Waals surface area (Å²) < 4.78 is 137. The molecule has 4 nitrogen and oxygen atoms in total. The lowest BCUT2D eigenvalue weighted by molar-refractivity contribution is -0.477. The molecular formula is C15H12BF9O4. The van der Waals surface area contributed by atoms with Gasteiger partial charge < -0.3 is 19.2 Å². The standard InChI is InChI=1S/C15H12BF9O4/c1-10(13(17,18)19)6-11(14(20,21)22)7-12(27-10,15(23,24)25)29-16(28-11)8-2-4-9(26)5-3-8/h2-5,26H,6-7H2,1H3. The molecule has 1 aromatic rings. The van der Waals surface area contributed by atoms with Crippen molar-refractivity contribution in [1.82, 2.24) is 0 Å². The molecule has 29 heavy (non-hydrogen) atoms. The van der Waals surface area contributed by atoms with Crippen LogP contribution in [-0.2, 0) is 14.0 Å². The quantitative estimate of drug-likeness (QED) is 0.535. The molecule has 2 fully saturated rings. The molecule has 0 spiro atoms. The van der Waals surface area contributed by atoms with Gasteiger partial charge in [-0.3, -0.25) is 0 Å². The summed E-state index contributed by atoms with van der Waals surface area (Å²) in [5, 5.41) is 9.24. The molecule has 0 aromatic heterocycles. The maximum absolute atomic E-state index is 13.8. The van der Waals surface area contributed by atoms with E-state index in [-0.39, 0.29) is 18.1 Å². The second kappa shape index (κ2) is 6.17. The van der Waals surface area contributed by atoms with Gasteiger partial charge in [-0.15, -0.1) is 0 Å². The van der Waals surface area contributed by atoms with Crippen molar-refractivity contribution in [2.75, 3.05) is 0 Å². The number of halogens is 9. The minimum absolute atomic E-state index is 0.0841. The van der Waals surface area contributed by atoms with Crippen molar-refractivity contribution in [1.29, 1.82) is 0 Å². The summed E-state index contributed by atoms with van der Waals surface area (Å²) in [6, 6.07) is 3.71. The number of fused-ring (bicyclic) bond motifs is 2. The highest BCUT2D eigenvalue weighted by Gasteiger charge is 2.80. The van der Waals surface area contributed by atoms with Gasteiger partial charge in [-0.25, -0.2) is 0 Å². The number of rotatable bonds is 1. The van der Waals surface area contributed by atoms with Crippen molar-refractivity contribution in [2.45, 2.75) is 55.3 Å². The topological polar surface area (TPSA) is 47.9 Å². The van der Waals surface area contributed by atoms with Gasteiger partial charge in [-0.1, -0.05) is 12.1 Å². The van der Waals surface area contributed by atoms with Gasteiger partial charge in [0, 0.05) is 12.8 Å². The monoisotopic (exact) mass is 438 g/mol. The Hall–Kier alpha value is -1.67. The third kappa shape index (κ3) is 3.44. The van der Waals surface area contributed by atoms with Crippen molar-refractivity contribution < 1.29 is 58.7 Å². The Kier molecular flexibility index (Phi) is 4.69. The van der Waals surface area contributed by atoms with Crippen LogP contribution in [-0.4, -0.2) is 47.7 Å². The number of benzene rings is 1. The average molecular weight is 438 g/mol. The van der Waals surface area contributed by atoms with E-state index in [1.807, 2.05) is 0 Å². The number of alkyl halides is 9. The summed E-state index contributed by atoms with van der Waals surface area (Å²) in [4.78, 5) is 0. The van der Waals surface area contributed by atoms with Gasteiger partial charge in [0.2, 0.25) is 0 Å². The summed E-state index contributed by atoms with van der Waals surface area (Å²) >= 11 is 0. The molecule has 3 atom stereocenters. The van der Waals surface area contributed by atoms with Crippen LogP contribution in [0.15, 0.2) is 24.3 Å². The van der Waals surface area contributed by atoms with Crippen molar-refractivity contribution in [3.8, 4) is 5.75 Å². The number of phenols is 1. The Labute approximate surface area is 157 Å². The molecule has 3 unspecified atom stereocenters. The normalized spacial score (nSPS) is 33.7. The van der Waals surface area contributed by atoms with E-state index in [4.69, 9.17) is 4.65 Å². The van der Waals surface area contributed by atoms with Gasteiger partial charge in [0.25, 0.3) is 5.79 Å².